The van der Waals surface area contributed by atoms with Crippen LogP contribution in [0.2, 0.25) is 0 Å². The number of rotatable bonds is 3. The summed E-state index contributed by atoms with van der Waals surface area (Å²) < 4.78 is 1.29. The van der Waals surface area contributed by atoms with Crippen LogP contribution in [0.1, 0.15) is 10.4 Å². The molecule has 0 bridgehead atoms. The first-order valence-electron chi connectivity index (χ1n) is 5.61. The highest BCUT2D eigenvalue weighted by molar-refractivity contribution is 5.87. The number of aromatic carboxylic acids is 1. The van der Waals surface area contributed by atoms with Gasteiger partial charge in [0.15, 0.2) is 0 Å². The van der Waals surface area contributed by atoms with Gasteiger partial charge in [-0.05, 0) is 17.7 Å². The van der Waals surface area contributed by atoms with Gasteiger partial charge in [-0.1, -0.05) is 36.3 Å². The molecule has 2 rings (SSSR count). The molecule has 94 valence electrons. The molecule has 1 heterocycles. The molecule has 4 heteroatoms. The van der Waals surface area contributed by atoms with Gasteiger partial charge in [0.05, 0.1) is 12.2 Å². The number of hydrogen-bond acceptors (Lipinski definition) is 2. The van der Waals surface area contributed by atoms with Gasteiger partial charge in [0.2, 0.25) is 0 Å². The topological polar surface area (TPSA) is 59.3 Å². The molecule has 0 radical (unpaired) electrons. The molecule has 0 spiro atoms. The maximum atomic E-state index is 12.1. The van der Waals surface area contributed by atoms with E-state index in [0.29, 0.717) is 5.69 Å². The quantitative estimate of drug-likeness (QED) is 0.849. The zero-order valence-electron chi connectivity index (χ0n) is 10.0. The van der Waals surface area contributed by atoms with Crippen LogP contribution in [0.3, 0.4) is 0 Å². The molecular formula is C15H11NO3. The fourth-order valence-corrected chi connectivity index (χ4v) is 1.85. The van der Waals surface area contributed by atoms with E-state index in [1.807, 2.05) is 30.3 Å². The highest BCUT2D eigenvalue weighted by Gasteiger charge is 2.14. The summed E-state index contributed by atoms with van der Waals surface area (Å²) in [4.78, 5) is 23.0. The Morgan fingerprint density at radius 3 is 2.47 bits per heavy atom. The summed E-state index contributed by atoms with van der Waals surface area (Å²) in [7, 11) is 0. The third kappa shape index (κ3) is 2.40. The first-order valence-corrected chi connectivity index (χ1v) is 5.61. The summed E-state index contributed by atoms with van der Waals surface area (Å²) in [5.41, 5.74) is 0.544. The Kier molecular flexibility index (Phi) is 3.48. The first kappa shape index (κ1) is 12.7. The molecule has 4 nitrogen and oxygen atoms in total. The highest BCUT2D eigenvalue weighted by atomic mass is 16.4. The Hall–Kier alpha value is -2.80. The van der Waals surface area contributed by atoms with E-state index < -0.39 is 11.5 Å². The Labute approximate surface area is 109 Å². The van der Waals surface area contributed by atoms with E-state index >= 15 is 0 Å². The summed E-state index contributed by atoms with van der Waals surface area (Å²) in [6.45, 7) is 0.0319. The number of terminal acetylenes is 1. The fourth-order valence-electron chi connectivity index (χ4n) is 1.85. The fraction of sp³-hybridized carbons (Fsp3) is 0.0667. The molecule has 2 aromatic rings. The van der Waals surface area contributed by atoms with Crippen molar-refractivity contribution in [3.63, 3.8) is 0 Å². The van der Waals surface area contributed by atoms with Gasteiger partial charge in [0.25, 0.3) is 5.56 Å². The Morgan fingerprint density at radius 2 is 1.89 bits per heavy atom. The minimum absolute atomic E-state index is 0.0319. The van der Waals surface area contributed by atoms with Crippen LogP contribution in [0.4, 0.5) is 0 Å². The lowest BCUT2D eigenvalue weighted by atomic mass is 10.1. The molecule has 0 amide bonds. The molecule has 1 aromatic carbocycles. The molecule has 0 aliphatic heterocycles. The van der Waals surface area contributed by atoms with E-state index in [9.17, 15) is 9.59 Å². The van der Waals surface area contributed by atoms with Crippen molar-refractivity contribution < 1.29 is 9.90 Å². The summed E-state index contributed by atoms with van der Waals surface area (Å²) >= 11 is 0. The number of carbonyl (C=O) groups is 1. The van der Waals surface area contributed by atoms with Gasteiger partial charge in [-0.3, -0.25) is 9.36 Å². The second-order valence-electron chi connectivity index (χ2n) is 3.90. The Morgan fingerprint density at radius 1 is 1.21 bits per heavy atom. The van der Waals surface area contributed by atoms with Crippen molar-refractivity contribution in [2.24, 2.45) is 0 Å². The van der Waals surface area contributed by atoms with Gasteiger partial charge in [-0.2, -0.15) is 0 Å². The molecule has 19 heavy (non-hydrogen) atoms. The molecular weight excluding hydrogens is 242 g/mol. The van der Waals surface area contributed by atoms with Crippen molar-refractivity contribution >= 4 is 5.97 Å². The van der Waals surface area contributed by atoms with Crippen LogP contribution in [0.15, 0.2) is 47.3 Å². The molecule has 1 aromatic heterocycles. The lowest BCUT2D eigenvalue weighted by Crippen LogP contribution is -2.27. The second-order valence-corrected chi connectivity index (χ2v) is 3.90. The molecule has 0 saturated heterocycles. The normalized spacial score (nSPS) is 9.84. The van der Waals surface area contributed by atoms with Crippen molar-refractivity contribution in [1.29, 1.82) is 0 Å². The molecule has 0 fully saturated rings. The third-order valence-corrected chi connectivity index (χ3v) is 2.72. The van der Waals surface area contributed by atoms with Crippen LogP contribution >= 0.6 is 0 Å². The summed E-state index contributed by atoms with van der Waals surface area (Å²) in [6.07, 6.45) is 5.25. The average Bonchev–Trinajstić information content (AvgIpc) is 2.41. The van der Waals surface area contributed by atoms with Gasteiger partial charge < -0.3 is 5.11 Å². The van der Waals surface area contributed by atoms with Crippen molar-refractivity contribution in [3.8, 4) is 23.6 Å². The molecule has 0 unspecified atom stereocenters. The third-order valence-electron chi connectivity index (χ3n) is 2.72. The first-order chi connectivity index (χ1) is 9.15. The van der Waals surface area contributed by atoms with E-state index in [1.54, 1.807) is 6.07 Å². The van der Waals surface area contributed by atoms with E-state index in [1.165, 1.54) is 10.6 Å². The lowest BCUT2D eigenvalue weighted by molar-refractivity contribution is 0.0694. The highest BCUT2D eigenvalue weighted by Crippen LogP contribution is 2.17. The molecule has 0 aliphatic carbocycles. The largest absolute Gasteiger partial charge is 0.477 e. The smallest absolute Gasteiger partial charge is 0.341 e. The predicted molar refractivity (Wildman–Crippen MR) is 71.9 cm³/mol. The van der Waals surface area contributed by atoms with Crippen LogP contribution in [-0.2, 0) is 6.54 Å². The number of pyridine rings is 1. The monoisotopic (exact) mass is 253 g/mol. The number of nitrogens with zero attached hydrogens (tertiary/aromatic N) is 1. The average molecular weight is 253 g/mol. The van der Waals surface area contributed by atoms with Crippen LogP contribution in [0.25, 0.3) is 11.3 Å². The summed E-state index contributed by atoms with van der Waals surface area (Å²) in [5, 5.41) is 8.95. The number of hydrogen-bond donors (Lipinski definition) is 1. The van der Waals surface area contributed by atoms with Crippen molar-refractivity contribution in [3.05, 3.63) is 58.4 Å². The number of benzene rings is 1. The van der Waals surface area contributed by atoms with Crippen LogP contribution in [-0.4, -0.2) is 15.6 Å². The predicted octanol–water partition coefficient (Wildman–Crippen LogP) is 1.85. The van der Waals surface area contributed by atoms with E-state index in [0.717, 1.165) is 5.56 Å². The zero-order chi connectivity index (χ0) is 13.8. The van der Waals surface area contributed by atoms with Gasteiger partial charge in [-0.15, -0.1) is 6.42 Å². The molecule has 1 N–H and O–H groups in total. The van der Waals surface area contributed by atoms with Gasteiger partial charge >= 0.3 is 5.97 Å². The lowest BCUT2D eigenvalue weighted by Gasteiger charge is -2.11. The van der Waals surface area contributed by atoms with Crippen LogP contribution in [0, 0.1) is 12.3 Å². The Bertz CT molecular complexity index is 708. The Balaban J connectivity index is 2.70. The van der Waals surface area contributed by atoms with Crippen LogP contribution < -0.4 is 5.56 Å². The van der Waals surface area contributed by atoms with Gasteiger partial charge in [0, 0.05) is 0 Å². The van der Waals surface area contributed by atoms with Crippen molar-refractivity contribution in [2.75, 3.05) is 0 Å². The SMILES string of the molecule is C#CCn1c(-c2ccccc2)ccc(C(=O)O)c1=O. The van der Waals surface area contributed by atoms with Crippen molar-refractivity contribution in [1.82, 2.24) is 4.57 Å². The number of carboxylic acids is 1. The minimum atomic E-state index is -1.25. The van der Waals surface area contributed by atoms with Crippen molar-refractivity contribution in [2.45, 2.75) is 6.54 Å². The number of carboxylic acid groups (broad SMARTS) is 1. The van der Waals surface area contributed by atoms with E-state index in [4.69, 9.17) is 11.5 Å². The second kappa shape index (κ2) is 5.23. The van der Waals surface area contributed by atoms with Gasteiger partial charge in [0.1, 0.15) is 5.56 Å². The maximum absolute atomic E-state index is 12.1. The molecule has 0 saturated carbocycles. The van der Waals surface area contributed by atoms with Crippen LogP contribution in [0.5, 0.6) is 0 Å². The maximum Gasteiger partial charge on any atom is 0.341 e. The van der Waals surface area contributed by atoms with E-state index in [-0.39, 0.29) is 12.1 Å². The zero-order valence-corrected chi connectivity index (χ0v) is 10.0. The van der Waals surface area contributed by atoms with Gasteiger partial charge in [-0.25, -0.2) is 4.79 Å². The van der Waals surface area contributed by atoms with E-state index in [2.05, 4.69) is 5.92 Å². The molecule has 0 atom stereocenters. The standard InChI is InChI=1S/C15H11NO3/c1-2-10-16-13(11-6-4-3-5-7-11)9-8-12(14(16)17)15(18)19/h1,3-9H,10H2,(H,18,19). The summed E-state index contributed by atoms with van der Waals surface area (Å²) in [6, 6.07) is 12.1. The minimum Gasteiger partial charge on any atom is -0.477 e. The molecule has 0 aliphatic rings. The number of aromatic nitrogens is 1. The summed E-state index contributed by atoms with van der Waals surface area (Å²) in [5.74, 6) is 1.12.